The van der Waals surface area contributed by atoms with Gasteiger partial charge in [0.15, 0.2) is 5.65 Å². The van der Waals surface area contributed by atoms with E-state index in [1.807, 2.05) is 6.20 Å². The number of hydrogen-bond donors (Lipinski definition) is 1. The number of fused-ring (bicyclic) bond motifs is 1. The molecule has 11 nitrogen and oxygen atoms in total. The maximum atomic E-state index is 11.9. The topological polar surface area (TPSA) is 120 Å². The number of anilines is 1. The van der Waals surface area contributed by atoms with E-state index in [4.69, 9.17) is 0 Å². The molecule has 1 fully saturated rings. The molecule has 11 heteroatoms. The van der Waals surface area contributed by atoms with Crippen LogP contribution in [0.4, 0.5) is 5.82 Å². The first-order valence-electron chi connectivity index (χ1n) is 9.20. The molecule has 3 aromatic rings. The molecule has 0 bridgehead atoms. The van der Waals surface area contributed by atoms with Crippen LogP contribution in [0.1, 0.15) is 25.7 Å². The van der Waals surface area contributed by atoms with Gasteiger partial charge in [-0.05, 0) is 23.3 Å². The molecule has 1 aliphatic heterocycles. The quantitative estimate of drug-likeness (QED) is 0.644. The Balaban J connectivity index is 1.41. The number of nitrogens with zero attached hydrogens (tertiary/aromatic N) is 9. The lowest BCUT2D eigenvalue weighted by Crippen LogP contribution is -2.31. The molecule has 0 spiro atoms. The summed E-state index contributed by atoms with van der Waals surface area (Å²) in [7, 11) is 0. The minimum absolute atomic E-state index is 0.0914. The monoisotopic (exact) mass is 370 g/mol. The van der Waals surface area contributed by atoms with Crippen molar-refractivity contribution in [1.29, 1.82) is 0 Å². The standard InChI is InChI=1S/C16H22N10O/c27-14(10-25-12-20-22-23-25)17-5-8-26-16-13(9-21-26)15(18-11-19-16)24-6-3-1-2-4-7-24/h9,11-12H,1-8,10H2,(H,17,27). The van der Waals surface area contributed by atoms with Crippen molar-refractivity contribution in [3.8, 4) is 0 Å². The average molecular weight is 370 g/mol. The predicted molar refractivity (Wildman–Crippen MR) is 96.8 cm³/mol. The fraction of sp³-hybridized carbons (Fsp3) is 0.562. The SMILES string of the molecule is O=C(Cn1cnnn1)NCCn1ncc2c(N3CCCCCC3)ncnc21. The van der Waals surface area contributed by atoms with E-state index in [0.717, 1.165) is 29.9 Å². The van der Waals surface area contributed by atoms with Crippen molar-refractivity contribution in [2.24, 2.45) is 0 Å². The molecule has 1 saturated heterocycles. The molecule has 1 N–H and O–H groups in total. The first-order valence-corrected chi connectivity index (χ1v) is 9.20. The molecule has 0 saturated carbocycles. The summed E-state index contributed by atoms with van der Waals surface area (Å²) in [6.07, 6.45) is 9.74. The summed E-state index contributed by atoms with van der Waals surface area (Å²) in [5.41, 5.74) is 0.791. The number of aromatic nitrogens is 8. The predicted octanol–water partition coefficient (Wildman–Crippen LogP) is 0.00960. The minimum atomic E-state index is -0.154. The van der Waals surface area contributed by atoms with E-state index in [1.165, 1.54) is 36.7 Å². The van der Waals surface area contributed by atoms with Gasteiger partial charge in [-0.15, -0.1) is 5.10 Å². The molecule has 0 aromatic carbocycles. The summed E-state index contributed by atoms with van der Waals surface area (Å²) in [6, 6.07) is 0. The number of rotatable bonds is 6. The highest BCUT2D eigenvalue weighted by atomic mass is 16.2. The van der Waals surface area contributed by atoms with E-state index in [-0.39, 0.29) is 12.5 Å². The van der Waals surface area contributed by atoms with Crippen molar-refractivity contribution in [1.82, 2.24) is 45.3 Å². The van der Waals surface area contributed by atoms with Gasteiger partial charge in [0.05, 0.1) is 18.1 Å². The van der Waals surface area contributed by atoms with Crippen LogP contribution in [0, 0.1) is 0 Å². The zero-order valence-corrected chi connectivity index (χ0v) is 15.0. The Morgan fingerprint density at radius 2 is 2.00 bits per heavy atom. The summed E-state index contributed by atoms with van der Waals surface area (Å²) in [6.45, 7) is 3.10. The van der Waals surface area contributed by atoms with Gasteiger partial charge in [0, 0.05) is 19.6 Å². The fourth-order valence-corrected chi connectivity index (χ4v) is 3.34. The van der Waals surface area contributed by atoms with Gasteiger partial charge in [-0.3, -0.25) is 4.79 Å². The fourth-order valence-electron chi connectivity index (χ4n) is 3.34. The van der Waals surface area contributed by atoms with Crippen LogP contribution in [0.5, 0.6) is 0 Å². The van der Waals surface area contributed by atoms with Crippen LogP contribution in [-0.4, -0.2) is 65.5 Å². The third-order valence-electron chi connectivity index (χ3n) is 4.66. The number of carbonyl (C=O) groups is 1. The Morgan fingerprint density at radius 3 is 2.78 bits per heavy atom. The molecule has 4 heterocycles. The van der Waals surface area contributed by atoms with Crippen LogP contribution < -0.4 is 10.2 Å². The summed E-state index contributed by atoms with van der Waals surface area (Å²) in [5.74, 6) is 0.800. The van der Waals surface area contributed by atoms with Gasteiger partial charge in [-0.2, -0.15) is 5.10 Å². The van der Waals surface area contributed by atoms with Crippen molar-refractivity contribution in [2.75, 3.05) is 24.5 Å². The summed E-state index contributed by atoms with van der Waals surface area (Å²) < 4.78 is 3.18. The van der Waals surface area contributed by atoms with E-state index in [0.29, 0.717) is 13.1 Å². The van der Waals surface area contributed by atoms with Gasteiger partial charge in [-0.25, -0.2) is 19.3 Å². The molecule has 1 amide bonds. The van der Waals surface area contributed by atoms with Crippen molar-refractivity contribution < 1.29 is 4.79 Å². The van der Waals surface area contributed by atoms with Crippen LogP contribution in [0.25, 0.3) is 11.0 Å². The second-order valence-corrected chi connectivity index (χ2v) is 6.56. The Kier molecular flexibility index (Phi) is 5.17. The molecule has 0 atom stereocenters. The maximum absolute atomic E-state index is 11.9. The summed E-state index contributed by atoms with van der Waals surface area (Å²) in [5, 5.41) is 18.9. The van der Waals surface area contributed by atoms with Gasteiger partial charge >= 0.3 is 0 Å². The third kappa shape index (κ3) is 4.01. The highest BCUT2D eigenvalue weighted by molar-refractivity contribution is 5.86. The number of carbonyl (C=O) groups excluding carboxylic acids is 1. The number of hydrogen-bond acceptors (Lipinski definition) is 8. The molecule has 3 aromatic heterocycles. The Morgan fingerprint density at radius 1 is 1.15 bits per heavy atom. The van der Waals surface area contributed by atoms with Gasteiger partial charge in [0.2, 0.25) is 5.91 Å². The molecule has 1 aliphatic rings. The number of amides is 1. The van der Waals surface area contributed by atoms with Crippen LogP contribution >= 0.6 is 0 Å². The first-order chi connectivity index (χ1) is 13.3. The lowest BCUT2D eigenvalue weighted by Gasteiger charge is -2.21. The zero-order chi connectivity index (χ0) is 18.5. The second kappa shape index (κ2) is 8.06. The van der Waals surface area contributed by atoms with E-state index in [1.54, 1.807) is 11.0 Å². The van der Waals surface area contributed by atoms with Crippen LogP contribution in [0.15, 0.2) is 18.9 Å². The summed E-state index contributed by atoms with van der Waals surface area (Å²) >= 11 is 0. The van der Waals surface area contributed by atoms with Gasteiger partial charge < -0.3 is 10.2 Å². The van der Waals surface area contributed by atoms with E-state index < -0.39 is 0 Å². The van der Waals surface area contributed by atoms with Gasteiger partial charge in [0.25, 0.3) is 0 Å². The van der Waals surface area contributed by atoms with Gasteiger partial charge in [-0.1, -0.05) is 12.8 Å². The van der Waals surface area contributed by atoms with Crippen molar-refractivity contribution >= 4 is 22.8 Å². The minimum Gasteiger partial charge on any atom is -0.356 e. The second-order valence-electron chi connectivity index (χ2n) is 6.56. The Hall–Kier alpha value is -3.11. The van der Waals surface area contributed by atoms with Crippen LogP contribution in [0.3, 0.4) is 0 Å². The van der Waals surface area contributed by atoms with E-state index in [2.05, 4.69) is 40.8 Å². The van der Waals surface area contributed by atoms with Crippen LogP contribution in [-0.2, 0) is 17.9 Å². The van der Waals surface area contributed by atoms with Crippen molar-refractivity contribution in [2.45, 2.75) is 38.8 Å². The largest absolute Gasteiger partial charge is 0.356 e. The highest BCUT2D eigenvalue weighted by Gasteiger charge is 2.17. The molecular weight excluding hydrogens is 348 g/mol. The molecule has 142 valence electrons. The van der Waals surface area contributed by atoms with Gasteiger partial charge in [0.1, 0.15) is 25.0 Å². The lowest BCUT2D eigenvalue weighted by atomic mass is 10.2. The molecule has 0 aliphatic carbocycles. The number of tetrazole rings is 1. The van der Waals surface area contributed by atoms with Crippen molar-refractivity contribution in [3.05, 3.63) is 18.9 Å². The van der Waals surface area contributed by atoms with E-state index in [9.17, 15) is 4.79 Å². The molecule has 4 rings (SSSR count). The Bertz CT molecular complexity index is 882. The smallest absolute Gasteiger partial charge is 0.241 e. The summed E-state index contributed by atoms with van der Waals surface area (Å²) in [4.78, 5) is 23.1. The first kappa shape index (κ1) is 17.3. The maximum Gasteiger partial charge on any atom is 0.241 e. The molecule has 0 unspecified atom stereocenters. The highest BCUT2D eigenvalue weighted by Crippen LogP contribution is 2.24. The number of nitrogens with one attached hydrogen (secondary N) is 1. The van der Waals surface area contributed by atoms with Crippen molar-refractivity contribution in [3.63, 3.8) is 0 Å². The molecular formula is C16H22N10O. The normalized spacial score (nSPS) is 15.0. The average Bonchev–Trinajstić information content (AvgIpc) is 3.24. The lowest BCUT2D eigenvalue weighted by molar-refractivity contribution is -0.121. The molecule has 27 heavy (non-hydrogen) atoms. The zero-order valence-electron chi connectivity index (χ0n) is 15.0. The van der Waals surface area contributed by atoms with Crippen LogP contribution in [0.2, 0.25) is 0 Å². The van der Waals surface area contributed by atoms with E-state index >= 15 is 0 Å². The Labute approximate surface area is 155 Å². The third-order valence-corrected chi connectivity index (χ3v) is 4.66. The molecule has 0 radical (unpaired) electrons.